The van der Waals surface area contributed by atoms with Crippen LogP contribution in [-0.4, -0.2) is 38.5 Å². The van der Waals surface area contributed by atoms with Gasteiger partial charge in [-0.05, 0) is 18.4 Å². The number of rotatable bonds is 3. The number of hydrogen-bond acceptors (Lipinski definition) is 5. The van der Waals surface area contributed by atoms with Crippen LogP contribution < -0.4 is 0 Å². The van der Waals surface area contributed by atoms with E-state index in [0.29, 0.717) is 24.1 Å². The Morgan fingerprint density at radius 2 is 2.21 bits per heavy atom. The van der Waals surface area contributed by atoms with E-state index in [1.165, 1.54) is 4.90 Å². The van der Waals surface area contributed by atoms with Crippen LogP contribution >= 0.6 is 27.7 Å². The van der Waals surface area contributed by atoms with Gasteiger partial charge in [-0.2, -0.15) is 10.3 Å². The third-order valence-electron chi connectivity index (χ3n) is 5.23. The number of nitrogens with zero attached hydrogens (tertiary/aromatic N) is 5. The number of hydrogen-bond donors (Lipinski definition) is 0. The molecule has 3 aliphatic rings. The quantitative estimate of drug-likeness (QED) is 0.479. The van der Waals surface area contributed by atoms with Crippen molar-refractivity contribution in [3.05, 3.63) is 59.7 Å². The molecule has 0 spiro atoms. The first-order valence-electron chi connectivity index (χ1n) is 9.18. The topological polar surface area (TPSA) is 78.0 Å². The smallest absolute Gasteiger partial charge is 0.411 e. The summed E-state index contributed by atoms with van der Waals surface area (Å²) in [7, 11) is 0. The van der Waals surface area contributed by atoms with Gasteiger partial charge in [-0.3, -0.25) is 9.89 Å². The van der Waals surface area contributed by atoms with Crippen molar-refractivity contribution >= 4 is 44.8 Å². The fourth-order valence-corrected chi connectivity index (χ4v) is 4.41. The first kappa shape index (κ1) is 19.8. The second kappa shape index (κ2) is 8.11. The Labute approximate surface area is 182 Å². The second-order valence-corrected chi connectivity index (χ2v) is 8.21. The molecule has 0 aromatic heterocycles. The Hall–Kier alpha value is -2.47. The van der Waals surface area contributed by atoms with Crippen molar-refractivity contribution in [1.82, 2.24) is 4.90 Å². The standard InChI is InChI=1S/C20H18BrClN5O2/c21-19-25-18(17-12-24-7-9-27(17,19)22)15-6-8-26(16(10-15)11-23)20(28)29-13-14-4-2-1-3-5-14/h1-5,7,9,12,15-16H,6,8,10,13H2/q+1. The summed E-state index contributed by atoms with van der Waals surface area (Å²) in [6.07, 6.45) is 5.71. The summed E-state index contributed by atoms with van der Waals surface area (Å²) in [5.74, 6) is -0.00271. The number of benzene rings is 1. The molecule has 0 N–H and O–H groups in total. The number of allylic oxidation sites excluding steroid dienone is 2. The minimum absolute atomic E-state index is 0.00271. The fraction of sp³-hybridized carbons (Fsp3) is 0.300. The molecule has 29 heavy (non-hydrogen) atoms. The molecule has 148 valence electrons. The zero-order chi connectivity index (χ0) is 20.4. The normalized spacial score (nSPS) is 28.0. The number of fused-ring (bicyclic) bond motifs is 1. The molecule has 1 aromatic rings. The summed E-state index contributed by atoms with van der Waals surface area (Å²) in [4.78, 5) is 22.8. The van der Waals surface area contributed by atoms with Crippen LogP contribution in [0.2, 0.25) is 0 Å². The van der Waals surface area contributed by atoms with Crippen molar-refractivity contribution < 1.29 is 13.5 Å². The summed E-state index contributed by atoms with van der Waals surface area (Å²) in [5, 5.41) is 9.66. The van der Waals surface area contributed by atoms with Crippen molar-refractivity contribution in [2.75, 3.05) is 6.54 Å². The number of piperidine rings is 1. The van der Waals surface area contributed by atoms with E-state index in [0.717, 1.165) is 17.0 Å². The van der Waals surface area contributed by atoms with Crippen LogP contribution in [0.3, 0.4) is 0 Å². The average molecular weight is 476 g/mol. The van der Waals surface area contributed by atoms with Gasteiger partial charge in [-0.1, -0.05) is 30.3 Å². The minimum atomic E-state index is -0.590. The van der Waals surface area contributed by atoms with E-state index < -0.39 is 12.1 Å². The molecule has 0 aliphatic carbocycles. The number of nitriles is 1. The van der Waals surface area contributed by atoms with Gasteiger partial charge >= 0.3 is 6.09 Å². The molecule has 0 bridgehead atoms. The zero-order valence-corrected chi connectivity index (χ0v) is 17.8. The van der Waals surface area contributed by atoms with Gasteiger partial charge < -0.3 is 4.74 Å². The highest BCUT2D eigenvalue weighted by Crippen LogP contribution is 2.42. The number of halogens is 2. The largest absolute Gasteiger partial charge is 0.445 e. The Morgan fingerprint density at radius 1 is 1.41 bits per heavy atom. The number of carbonyl (C=O) groups excluding carboxylic acids is 1. The van der Waals surface area contributed by atoms with Crippen LogP contribution in [0.5, 0.6) is 0 Å². The molecule has 0 radical (unpaired) electrons. The highest BCUT2D eigenvalue weighted by atomic mass is 79.9. The van der Waals surface area contributed by atoms with E-state index in [-0.39, 0.29) is 16.5 Å². The zero-order valence-electron chi connectivity index (χ0n) is 15.4. The summed E-state index contributed by atoms with van der Waals surface area (Å²) in [5.41, 5.74) is 2.47. The van der Waals surface area contributed by atoms with E-state index in [2.05, 4.69) is 32.0 Å². The molecule has 1 fully saturated rings. The third-order valence-corrected chi connectivity index (χ3v) is 6.62. The van der Waals surface area contributed by atoms with Crippen LogP contribution in [0.15, 0.2) is 64.1 Å². The van der Waals surface area contributed by atoms with Crippen molar-refractivity contribution in [2.45, 2.75) is 25.5 Å². The van der Waals surface area contributed by atoms with Gasteiger partial charge in [0.2, 0.25) is 5.70 Å². The first-order chi connectivity index (χ1) is 14.0. The van der Waals surface area contributed by atoms with Crippen molar-refractivity contribution in [2.24, 2.45) is 15.9 Å². The summed E-state index contributed by atoms with van der Waals surface area (Å²) in [6.45, 7) is 0.592. The summed E-state index contributed by atoms with van der Waals surface area (Å²) in [6, 6.07) is 11.1. The van der Waals surface area contributed by atoms with E-state index in [1.807, 2.05) is 30.3 Å². The number of likely N-dealkylation sites (tertiary alicyclic amines) is 1. The van der Waals surface area contributed by atoms with Crippen LogP contribution in [0.1, 0.15) is 18.4 Å². The SMILES string of the molecule is N#CC1CC(C2=C3C=NC=C[N+]3(Cl)C(Br)=N2)CCN1C(=O)OCc1ccccc1. The lowest BCUT2D eigenvalue weighted by Crippen LogP contribution is -2.46. The predicted octanol–water partition coefficient (Wildman–Crippen LogP) is 4.43. The Morgan fingerprint density at radius 3 is 2.97 bits per heavy atom. The predicted molar refractivity (Wildman–Crippen MR) is 113 cm³/mol. The lowest BCUT2D eigenvalue weighted by molar-refractivity contribution is -0.595. The maximum Gasteiger partial charge on any atom is 0.411 e. The molecule has 3 atom stereocenters. The molecule has 3 heterocycles. The van der Waals surface area contributed by atoms with E-state index in [1.54, 1.807) is 18.6 Å². The monoisotopic (exact) mass is 474 g/mol. The van der Waals surface area contributed by atoms with Gasteiger partial charge in [-0.15, -0.1) is 4.00 Å². The van der Waals surface area contributed by atoms with Gasteiger partial charge in [0.15, 0.2) is 11.8 Å². The second-order valence-electron chi connectivity index (χ2n) is 6.96. The number of quaternary nitrogens is 1. The van der Waals surface area contributed by atoms with Crippen molar-refractivity contribution in [1.29, 1.82) is 5.26 Å². The molecule has 0 saturated carbocycles. The third kappa shape index (κ3) is 3.73. The van der Waals surface area contributed by atoms with Crippen molar-refractivity contribution in [3.8, 4) is 6.07 Å². The Kier molecular flexibility index (Phi) is 5.54. The highest BCUT2D eigenvalue weighted by molar-refractivity contribution is 9.18. The molecule has 9 heteroatoms. The number of amidine groups is 1. The molecule has 1 amide bonds. The van der Waals surface area contributed by atoms with Gasteiger partial charge in [-0.25, -0.2) is 4.79 Å². The maximum absolute atomic E-state index is 12.6. The van der Waals surface area contributed by atoms with E-state index in [4.69, 9.17) is 16.5 Å². The molecule has 1 saturated heterocycles. The minimum Gasteiger partial charge on any atom is -0.445 e. The van der Waals surface area contributed by atoms with Crippen LogP contribution in [0, 0.1) is 17.2 Å². The maximum atomic E-state index is 12.6. The molecular weight excluding hydrogens is 458 g/mol. The lowest BCUT2D eigenvalue weighted by Gasteiger charge is -2.35. The van der Waals surface area contributed by atoms with Gasteiger partial charge in [0.25, 0.3) is 4.74 Å². The summed E-state index contributed by atoms with van der Waals surface area (Å²) < 4.78 is 5.89. The molecule has 3 aliphatic heterocycles. The first-order valence-corrected chi connectivity index (χ1v) is 10.3. The fourth-order valence-electron chi connectivity index (χ4n) is 3.69. The number of ether oxygens (including phenoxy) is 1. The Bertz CT molecular complexity index is 984. The number of amides is 1. The molecular formula is C20H18BrClN5O2+. The lowest BCUT2D eigenvalue weighted by atomic mass is 9.88. The van der Waals surface area contributed by atoms with E-state index >= 15 is 0 Å². The van der Waals surface area contributed by atoms with Crippen LogP contribution in [-0.2, 0) is 11.3 Å². The van der Waals surface area contributed by atoms with Gasteiger partial charge in [0.1, 0.15) is 24.5 Å². The summed E-state index contributed by atoms with van der Waals surface area (Å²) >= 11 is 10.1. The Balaban J connectivity index is 1.46. The molecule has 4 rings (SSSR count). The molecule has 7 nitrogen and oxygen atoms in total. The highest BCUT2D eigenvalue weighted by Gasteiger charge is 2.47. The number of carbonyl (C=O) groups is 1. The van der Waals surface area contributed by atoms with Crippen LogP contribution in [0.4, 0.5) is 4.79 Å². The number of aliphatic imine (C=N–C) groups is 2. The average Bonchev–Trinajstić information content (AvgIpc) is 3.03. The van der Waals surface area contributed by atoms with Gasteiger partial charge in [0, 0.05) is 28.4 Å². The van der Waals surface area contributed by atoms with Crippen molar-refractivity contribution in [3.63, 3.8) is 0 Å². The molecule has 1 aromatic carbocycles. The molecule has 3 unspecified atom stereocenters. The van der Waals surface area contributed by atoms with E-state index in [9.17, 15) is 10.1 Å². The van der Waals surface area contributed by atoms with Crippen LogP contribution in [0.25, 0.3) is 0 Å². The van der Waals surface area contributed by atoms with Gasteiger partial charge in [0.05, 0.1) is 18.5 Å².